The fourth-order valence-corrected chi connectivity index (χ4v) is 1.39. The van der Waals surface area contributed by atoms with E-state index in [1.807, 2.05) is 18.4 Å². The van der Waals surface area contributed by atoms with E-state index in [1.165, 1.54) is 0 Å². The molecule has 0 fully saturated rings. The van der Waals surface area contributed by atoms with Crippen molar-refractivity contribution in [2.24, 2.45) is 0 Å². The van der Waals surface area contributed by atoms with Gasteiger partial charge in [0, 0.05) is 13.1 Å². The third kappa shape index (κ3) is 1.67. The van der Waals surface area contributed by atoms with Gasteiger partial charge in [0.05, 0.1) is 6.20 Å². The lowest BCUT2D eigenvalue weighted by Gasteiger charge is -2.05. The second kappa shape index (κ2) is 4.07. The van der Waals surface area contributed by atoms with Crippen molar-refractivity contribution in [3.05, 3.63) is 6.20 Å². The first-order valence-electron chi connectivity index (χ1n) is 4.90. The summed E-state index contributed by atoms with van der Waals surface area (Å²) in [5, 5.41) is 21.6. The van der Waals surface area contributed by atoms with Crippen molar-refractivity contribution in [3.63, 3.8) is 0 Å². The van der Waals surface area contributed by atoms with Crippen LogP contribution in [-0.2, 0) is 6.54 Å². The van der Waals surface area contributed by atoms with Gasteiger partial charge in [-0.1, -0.05) is 0 Å². The van der Waals surface area contributed by atoms with Crippen LogP contribution in [0.25, 0.3) is 11.5 Å². The SMILES string of the molecule is CCNc1nnc(-c2cn[nH]n2)n1CC. The van der Waals surface area contributed by atoms with E-state index in [9.17, 15) is 0 Å². The minimum absolute atomic E-state index is 0.702. The molecule has 0 atom stereocenters. The molecule has 2 aromatic heterocycles. The van der Waals surface area contributed by atoms with Crippen LogP contribution in [0.15, 0.2) is 6.20 Å². The van der Waals surface area contributed by atoms with Gasteiger partial charge in [-0.2, -0.15) is 15.4 Å². The highest BCUT2D eigenvalue weighted by Crippen LogP contribution is 2.16. The van der Waals surface area contributed by atoms with Crippen LogP contribution in [0.5, 0.6) is 0 Å². The van der Waals surface area contributed by atoms with Gasteiger partial charge in [-0.3, -0.25) is 4.57 Å². The molecule has 0 saturated heterocycles. The van der Waals surface area contributed by atoms with Gasteiger partial charge in [0.15, 0.2) is 5.82 Å². The fourth-order valence-electron chi connectivity index (χ4n) is 1.39. The average molecular weight is 207 g/mol. The molecule has 0 unspecified atom stereocenters. The van der Waals surface area contributed by atoms with Gasteiger partial charge in [-0.15, -0.1) is 10.2 Å². The van der Waals surface area contributed by atoms with Gasteiger partial charge in [0.2, 0.25) is 5.95 Å². The van der Waals surface area contributed by atoms with Crippen LogP contribution in [0.1, 0.15) is 13.8 Å². The van der Waals surface area contributed by atoms with Crippen molar-refractivity contribution >= 4 is 5.95 Å². The fraction of sp³-hybridized carbons (Fsp3) is 0.500. The largest absolute Gasteiger partial charge is 0.355 e. The minimum atomic E-state index is 0.702. The standard InChI is InChI=1S/C8H13N7/c1-3-9-8-13-12-7(15(8)4-2)6-5-10-14-11-6/h5H,3-4H2,1-2H3,(H,9,13)(H,10,11,14). The van der Waals surface area contributed by atoms with Crippen molar-refractivity contribution in [1.82, 2.24) is 30.2 Å². The van der Waals surface area contributed by atoms with Gasteiger partial charge >= 0.3 is 0 Å². The number of nitrogens with zero attached hydrogens (tertiary/aromatic N) is 5. The number of nitrogens with one attached hydrogen (secondary N) is 2. The van der Waals surface area contributed by atoms with Crippen molar-refractivity contribution in [1.29, 1.82) is 0 Å². The highest BCUT2D eigenvalue weighted by Gasteiger charge is 2.13. The quantitative estimate of drug-likeness (QED) is 0.763. The molecule has 2 N–H and O–H groups in total. The Morgan fingerprint density at radius 1 is 1.40 bits per heavy atom. The summed E-state index contributed by atoms with van der Waals surface area (Å²) in [6.45, 7) is 5.66. The Morgan fingerprint density at radius 2 is 2.27 bits per heavy atom. The maximum Gasteiger partial charge on any atom is 0.224 e. The van der Waals surface area contributed by atoms with E-state index in [4.69, 9.17) is 0 Å². The molecule has 0 aromatic carbocycles. The molecule has 80 valence electrons. The summed E-state index contributed by atoms with van der Waals surface area (Å²) in [5.41, 5.74) is 0.702. The van der Waals surface area contributed by atoms with Crippen LogP contribution in [0, 0.1) is 0 Å². The summed E-state index contributed by atoms with van der Waals surface area (Å²) in [7, 11) is 0. The number of hydrogen-bond acceptors (Lipinski definition) is 5. The van der Waals surface area contributed by atoms with Gasteiger partial charge in [-0.05, 0) is 13.8 Å². The molecule has 2 aromatic rings. The third-order valence-electron chi connectivity index (χ3n) is 2.05. The third-order valence-corrected chi connectivity index (χ3v) is 2.05. The Morgan fingerprint density at radius 3 is 2.87 bits per heavy atom. The molecule has 0 bridgehead atoms. The van der Waals surface area contributed by atoms with E-state index >= 15 is 0 Å². The summed E-state index contributed by atoms with van der Waals surface area (Å²) in [5.74, 6) is 1.49. The monoisotopic (exact) mass is 207 g/mol. The molecular formula is C8H13N7. The smallest absolute Gasteiger partial charge is 0.224 e. The van der Waals surface area contributed by atoms with E-state index < -0.39 is 0 Å². The average Bonchev–Trinajstić information content (AvgIpc) is 2.85. The van der Waals surface area contributed by atoms with Crippen LogP contribution in [0.2, 0.25) is 0 Å². The van der Waals surface area contributed by atoms with E-state index in [0.29, 0.717) is 5.69 Å². The maximum absolute atomic E-state index is 4.08. The van der Waals surface area contributed by atoms with Crippen LogP contribution < -0.4 is 5.32 Å². The van der Waals surface area contributed by atoms with Crippen LogP contribution in [0.4, 0.5) is 5.95 Å². The summed E-state index contributed by atoms with van der Waals surface area (Å²) >= 11 is 0. The summed E-state index contributed by atoms with van der Waals surface area (Å²) < 4.78 is 1.96. The number of aromatic nitrogens is 6. The summed E-state index contributed by atoms with van der Waals surface area (Å²) in [6.07, 6.45) is 1.63. The number of aromatic amines is 1. The Balaban J connectivity index is 2.40. The first kappa shape index (κ1) is 9.63. The Labute approximate surface area is 86.9 Å². The van der Waals surface area contributed by atoms with Crippen molar-refractivity contribution in [2.75, 3.05) is 11.9 Å². The van der Waals surface area contributed by atoms with E-state index in [2.05, 4.69) is 30.9 Å². The lowest BCUT2D eigenvalue weighted by molar-refractivity contribution is 0.767. The second-order valence-corrected chi connectivity index (χ2v) is 2.98. The molecule has 0 amide bonds. The van der Waals surface area contributed by atoms with E-state index in [-0.39, 0.29) is 0 Å². The molecular weight excluding hydrogens is 194 g/mol. The first-order valence-corrected chi connectivity index (χ1v) is 4.90. The molecule has 0 radical (unpaired) electrons. The van der Waals surface area contributed by atoms with Crippen LogP contribution in [0.3, 0.4) is 0 Å². The lowest BCUT2D eigenvalue weighted by Crippen LogP contribution is -2.06. The predicted molar refractivity (Wildman–Crippen MR) is 55.2 cm³/mol. The molecule has 0 saturated carbocycles. The zero-order valence-electron chi connectivity index (χ0n) is 8.73. The highest BCUT2D eigenvalue weighted by molar-refractivity contribution is 5.50. The highest BCUT2D eigenvalue weighted by atomic mass is 15.4. The van der Waals surface area contributed by atoms with Crippen LogP contribution in [-0.4, -0.2) is 36.7 Å². The predicted octanol–water partition coefficient (Wildman–Crippen LogP) is 0.515. The molecule has 0 spiro atoms. The second-order valence-electron chi connectivity index (χ2n) is 2.98. The zero-order chi connectivity index (χ0) is 10.7. The molecule has 0 aliphatic rings. The molecule has 0 aliphatic carbocycles. The summed E-state index contributed by atoms with van der Waals surface area (Å²) in [6, 6.07) is 0. The van der Waals surface area contributed by atoms with Gasteiger partial charge in [-0.25, -0.2) is 0 Å². The Bertz CT molecular complexity index is 416. The summed E-state index contributed by atoms with van der Waals surface area (Å²) in [4.78, 5) is 0. The molecule has 0 aliphatic heterocycles. The number of anilines is 1. The Kier molecular flexibility index (Phi) is 2.61. The van der Waals surface area contributed by atoms with Crippen molar-refractivity contribution < 1.29 is 0 Å². The normalized spacial score (nSPS) is 10.5. The lowest BCUT2D eigenvalue weighted by atomic mass is 10.4. The van der Waals surface area contributed by atoms with E-state index in [1.54, 1.807) is 6.20 Å². The van der Waals surface area contributed by atoms with Crippen molar-refractivity contribution in [3.8, 4) is 11.5 Å². The molecule has 2 heterocycles. The zero-order valence-corrected chi connectivity index (χ0v) is 8.73. The van der Waals surface area contributed by atoms with E-state index in [0.717, 1.165) is 24.9 Å². The minimum Gasteiger partial charge on any atom is -0.355 e. The topological polar surface area (TPSA) is 84.3 Å². The van der Waals surface area contributed by atoms with Gasteiger partial charge in [0.25, 0.3) is 0 Å². The Hall–Kier alpha value is -1.92. The maximum atomic E-state index is 4.08. The molecule has 15 heavy (non-hydrogen) atoms. The van der Waals surface area contributed by atoms with Gasteiger partial charge in [0.1, 0.15) is 5.69 Å². The molecule has 7 nitrogen and oxygen atoms in total. The number of hydrogen-bond donors (Lipinski definition) is 2. The first-order chi connectivity index (χ1) is 7.36. The number of H-pyrrole nitrogens is 1. The molecule has 7 heteroatoms. The molecule has 2 rings (SSSR count). The van der Waals surface area contributed by atoms with Gasteiger partial charge < -0.3 is 5.32 Å². The number of rotatable bonds is 4. The van der Waals surface area contributed by atoms with Crippen molar-refractivity contribution in [2.45, 2.75) is 20.4 Å². The van der Waals surface area contributed by atoms with Crippen LogP contribution >= 0.6 is 0 Å².